The van der Waals surface area contributed by atoms with Crippen molar-refractivity contribution < 1.29 is 23.8 Å². The van der Waals surface area contributed by atoms with Gasteiger partial charge in [0.2, 0.25) is 5.76 Å². The molecule has 0 unspecified atom stereocenters. The van der Waals surface area contributed by atoms with Gasteiger partial charge in [-0.1, -0.05) is 24.3 Å². The lowest BCUT2D eigenvalue weighted by molar-refractivity contribution is -0.0497. The topological polar surface area (TPSA) is 80.0 Å². The van der Waals surface area contributed by atoms with Gasteiger partial charge in [-0.3, -0.25) is 4.79 Å². The van der Waals surface area contributed by atoms with Gasteiger partial charge in [-0.15, -0.1) is 0 Å². The van der Waals surface area contributed by atoms with Crippen LogP contribution in [-0.4, -0.2) is 41.1 Å². The molecule has 0 aliphatic carbocycles. The van der Waals surface area contributed by atoms with Gasteiger partial charge in [-0.25, -0.2) is 4.79 Å². The van der Waals surface area contributed by atoms with Crippen LogP contribution in [-0.2, 0) is 4.74 Å². The number of furan rings is 1. The molecule has 1 amide bonds. The van der Waals surface area contributed by atoms with Crippen molar-refractivity contribution in [1.29, 1.82) is 0 Å². The first-order valence-electron chi connectivity index (χ1n) is 7.78. The van der Waals surface area contributed by atoms with Crippen molar-refractivity contribution in [2.45, 2.75) is 26.0 Å². The quantitative estimate of drug-likeness (QED) is 0.936. The molecule has 2 aromatic rings. The van der Waals surface area contributed by atoms with Crippen molar-refractivity contribution >= 4 is 11.9 Å². The summed E-state index contributed by atoms with van der Waals surface area (Å²) in [7, 11) is 0. The number of morpholine rings is 1. The molecule has 0 saturated carbocycles. The van der Waals surface area contributed by atoms with Crippen LogP contribution in [0.25, 0.3) is 0 Å². The van der Waals surface area contributed by atoms with E-state index in [1.807, 2.05) is 38.1 Å². The summed E-state index contributed by atoms with van der Waals surface area (Å²) in [6, 6.07) is 10.5. The van der Waals surface area contributed by atoms with Crippen LogP contribution < -0.4 is 0 Å². The molecule has 2 atom stereocenters. The molecule has 3 rings (SSSR count). The smallest absolute Gasteiger partial charge is 0.371 e. The highest BCUT2D eigenvalue weighted by atomic mass is 16.5. The Balaban J connectivity index is 1.82. The zero-order valence-electron chi connectivity index (χ0n) is 13.6. The van der Waals surface area contributed by atoms with Crippen molar-refractivity contribution in [2.75, 3.05) is 13.2 Å². The number of carbonyl (C=O) groups is 2. The number of aromatic carboxylic acids is 1. The zero-order valence-corrected chi connectivity index (χ0v) is 13.6. The van der Waals surface area contributed by atoms with E-state index in [0.717, 1.165) is 11.1 Å². The molecular formula is C18H19NO5. The van der Waals surface area contributed by atoms with Gasteiger partial charge >= 0.3 is 5.97 Å². The highest BCUT2D eigenvalue weighted by molar-refractivity contribution is 5.93. The first-order valence-corrected chi connectivity index (χ1v) is 7.78. The Morgan fingerprint density at radius 3 is 2.54 bits per heavy atom. The number of aryl methyl sites for hydroxylation is 1. The zero-order chi connectivity index (χ0) is 17.3. The number of nitrogens with zero attached hydrogens (tertiary/aromatic N) is 1. The van der Waals surface area contributed by atoms with E-state index >= 15 is 0 Å². The predicted octanol–water partition coefficient (Wildman–Crippen LogP) is 2.89. The fourth-order valence-electron chi connectivity index (χ4n) is 2.89. The second kappa shape index (κ2) is 6.49. The lowest BCUT2D eigenvalue weighted by Crippen LogP contribution is -2.48. The largest absolute Gasteiger partial charge is 0.475 e. The maximum atomic E-state index is 12.7. The molecule has 1 aliphatic heterocycles. The van der Waals surface area contributed by atoms with Gasteiger partial charge in [-0.2, -0.15) is 0 Å². The summed E-state index contributed by atoms with van der Waals surface area (Å²) in [6.07, 6.45) is -0.208. The Labute approximate surface area is 139 Å². The maximum absolute atomic E-state index is 12.7. The number of carboxylic acid groups (broad SMARTS) is 1. The van der Waals surface area contributed by atoms with Crippen LogP contribution in [0.3, 0.4) is 0 Å². The van der Waals surface area contributed by atoms with Crippen molar-refractivity contribution in [3.05, 3.63) is 59.0 Å². The van der Waals surface area contributed by atoms with Crippen molar-refractivity contribution in [3.63, 3.8) is 0 Å². The number of amides is 1. The third-order valence-electron chi connectivity index (χ3n) is 4.26. The molecule has 6 heteroatoms. The summed E-state index contributed by atoms with van der Waals surface area (Å²) in [5, 5.41) is 8.92. The number of carbonyl (C=O) groups excluding carboxylic acids is 1. The predicted molar refractivity (Wildman–Crippen MR) is 86.0 cm³/mol. The van der Waals surface area contributed by atoms with Gasteiger partial charge in [0.05, 0.1) is 19.2 Å². The molecule has 24 heavy (non-hydrogen) atoms. The molecule has 2 heterocycles. The first-order chi connectivity index (χ1) is 11.5. The van der Waals surface area contributed by atoms with E-state index in [0.29, 0.717) is 13.2 Å². The van der Waals surface area contributed by atoms with E-state index in [4.69, 9.17) is 14.3 Å². The van der Waals surface area contributed by atoms with Crippen molar-refractivity contribution in [2.24, 2.45) is 0 Å². The molecule has 0 bridgehead atoms. The van der Waals surface area contributed by atoms with E-state index in [9.17, 15) is 9.59 Å². The lowest BCUT2D eigenvalue weighted by atomic mass is 10.0. The second-order valence-corrected chi connectivity index (χ2v) is 5.95. The molecule has 1 aromatic carbocycles. The third kappa shape index (κ3) is 3.05. The molecule has 0 radical (unpaired) electrons. The van der Waals surface area contributed by atoms with E-state index < -0.39 is 5.97 Å². The number of rotatable bonds is 3. The summed E-state index contributed by atoms with van der Waals surface area (Å²) < 4.78 is 11.0. The van der Waals surface area contributed by atoms with Gasteiger partial charge in [-0.05, 0) is 37.1 Å². The molecule has 1 saturated heterocycles. The van der Waals surface area contributed by atoms with Gasteiger partial charge in [0.15, 0.2) is 5.76 Å². The monoisotopic (exact) mass is 329 g/mol. The summed E-state index contributed by atoms with van der Waals surface area (Å²) >= 11 is 0. The fourth-order valence-corrected chi connectivity index (χ4v) is 2.89. The van der Waals surface area contributed by atoms with Crippen LogP contribution in [0.2, 0.25) is 0 Å². The van der Waals surface area contributed by atoms with Crippen LogP contribution in [0.4, 0.5) is 0 Å². The van der Waals surface area contributed by atoms with Gasteiger partial charge in [0.1, 0.15) is 6.10 Å². The Bertz CT molecular complexity index is 766. The van der Waals surface area contributed by atoms with Crippen LogP contribution in [0.5, 0.6) is 0 Å². The Morgan fingerprint density at radius 2 is 1.88 bits per heavy atom. The van der Waals surface area contributed by atoms with Gasteiger partial charge in [0, 0.05) is 0 Å². The highest BCUT2D eigenvalue weighted by Crippen LogP contribution is 2.28. The average molecular weight is 329 g/mol. The number of carboxylic acids is 1. The number of benzene rings is 1. The molecule has 1 aromatic heterocycles. The maximum Gasteiger partial charge on any atom is 0.371 e. The van der Waals surface area contributed by atoms with E-state index in [2.05, 4.69) is 0 Å². The molecule has 1 fully saturated rings. The SMILES string of the molecule is Cc1ccccc1[C@H]1CN(C(=O)c2ccc(C(=O)O)o2)[C@H](C)CO1. The van der Waals surface area contributed by atoms with E-state index in [1.54, 1.807) is 4.90 Å². The molecule has 0 spiro atoms. The minimum Gasteiger partial charge on any atom is -0.475 e. The minimum absolute atomic E-state index is 0.0321. The molecular weight excluding hydrogens is 310 g/mol. The summed E-state index contributed by atoms with van der Waals surface area (Å²) in [6.45, 7) is 4.72. The molecule has 6 nitrogen and oxygen atoms in total. The Hall–Kier alpha value is -2.60. The van der Waals surface area contributed by atoms with Crippen molar-refractivity contribution in [1.82, 2.24) is 4.90 Å². The minimum atomic E-state index is -1.19. The summed E-state index contributed by atoms with van der Waals surface area (Å²) in [5.74, 6) is -1.72. The first kappa shape index (κ1) is 16.3. The highest BCUT2D eigenvalue weighted by Gasteiger charge is 2.33. The Kier molecular flexibility index (Phi) is 4.40. The third-order valence-corrected chi connectivity index (χ3v) is 4.26. The van der Waals surface area contributed by atoms with Gasteiger partial charge in [0.25, 0.3) is 5.91 Å². The lowest BCUT2D eigenvalue weighted by Gasteiger charge is -2.38. The van der Waals surface area contributed by atoms with Crippen molar-refractivity contribution in [3.8, 4) is 0 Å². The Morgan fingerprint density at radius 1 is 1.17 bits per heavy atom. The van der Waals surface area contributed by atoms with Crippen LogP contribution in [0.15, 0.2) is 40.8 Å². The number of ether oxygens (including phenoxy) is 1. The van der Waals surface area contributed by atoms with E-state index in [1.165, 1.54) is 12.1 Å². The summed E-state index contributed by atoms with van der Waals surface area (Å²) in [5.41, 5.74) is 2.16. The molecule has 126 valence electrons. The van der Waals surface area contributed by atoms with Gasteiger partial charge < -0.3 is 19.2 Å². The standard InChI is InChI=1S/C18H19NO5/c1-11-5-3-4-6-13(11)16-9-19(12(2)10-23-16)17(20)14-7-8-15(24-14)18(21)22/h3-8,12,16H,9-10H2,1-2H3,(H,21,22)/t12-,16-/m1/s1. The average Bonchev–Trinajstić information content (AvgIpc) is 3.06. The fraction of sp³-hybridized carbons (Fsp3) is 0.333. The second-order valence-electron chi connectivity index (χ2n) is 5.95. The van der Waals surface area contributed by atoms with E-state index in [-0.39, 0.29) is 29.6 Å². The molecule has 1 aliphatic rings. The van der Waals surface area contributed by atoms with Crippen LogP contribution >= 0.6 is 0 Å². The van der Waals surface area contributed by atoms with Crippen LogP contribution in [0.1, 0.15) is 45.3 Å². The number of hydrogen-bond acceptors (Lipinski definition) is 4. The normalized spacial score (nSPS) is 20.8. The summed E-state index contributed by atoms with van der Waals surface area (Å²) in [4.78, 5) is 25.3. The molecule has 1 N–H and O–H groups in total. The van der Waals surface area contributed by atoms with Crippen LogP contribution in [0, 0.1) is 6.92 Å². The number of hydrogen-bond donors (Lipinski definition) is 1.